The van der Waals surface area contributed by atoms with Gasteiger partial charge < -0.3 is 5.11 Å². The lowest BCUT2D eigenvalue weighted by molar-refractivity contribution is 0.147. The minimum atomic E-state index is -0.0947. The van der Waals surface area contributed by atoms with Gasteiger partial charge in [-0.2, -0.15) is 0 Å². The van der Waals surface area contributed by atoms with Gasteiger partial charge in [-0.3, -0.25) is 0 Å². The zero-order valence-corrected chi connectivity index (χ0v) is 19.9. The highest BCUT2D eigenvalue weighted by Crippen LogP contribution is 2.13. The number of rotatable bonds is 22. The summed E-state index contributed by atoms with van der Waals surface area (Å²) >= 11 is 0. The maximum Gasteiger partial charge on any atom is 0.0540 e. The van der Waals surface area contributed by atoms with Crippen molar-refractivity contribution in [2.45, 2.75) is 122 Å². The van der Waals surface area contributed by atoms with E-state index >= 15 is 0 Å². The summed E-state index contributed by atoms with van der Waals surface area (Å²) in [6, 6.07) is 0. The van der Waals surface area contributed by atoms with Crippen LogP contribution < -0.4 is 0 Å². The van der Waals surface area contributed by atoms with Crippen LogP contribution in [0.5, 0.6) is 0 Å². The molecule has 0 heterocycles. The first-order valence-electron chi connectivity index (χ1n) is 12.7. The van der Waals surface area contributed by atoms with Gasteiger partial charge in [0, 0.05) is 0 Å². The molecule has 0 aromatic rings. The third-order valence-electron chi connectivity index (χ3n) is 5.30. The first kappa shape index (κ1) is 28.7. The number of hydrogen-bond acceptors (Lipinski definition) is 1. The van der Waals surface area contributed by atoms with E-state index in [-0.39, 0.29) is 6.10 Å². The summed E-state index contributed by atoms with van der Waals surface area (Å²) in [6.45, 7) is 5.96. The van der Waals surface area contributed by atoms with Crippen molar-refractivity contribution >= 4 is 0 Å². The Balaban J connectivity index is 3.37. The van der Waals surface area contributed by atoms with Crippen molar-refractivity contribution in [1.82, 2.24) is 0 Å². The molecule has 0 rings (SSSR count). The Hall–Kier alpha value is -1.34. The fraction of sp³-hybridized carbons (Fsp3) is 0.655. The van der Waals surface area contributed by atoms with Gasteiger partial charge in [0.25, 0.3) is 0 Å². The van der Waals surface area contributed by atoms with Gasteiger partial charge >= 0.3 is 0 Å². The Morgan fingerprint density at radius 2 is 1.00 bits per heavy atom. The molecule has 0 aliphatic carbocycles. The van der Waals surface area contributed by atoms with Crippen molar-refractivity contribution in [3.63, 3.8) is 0 Å². The van der Waals surface area contributed by atoms with Crippen LogP contribution >= 0.6 is 0 Å². The predicted molar refractivity (Wildman–Crippen MR) is 137 cm³/mol. The average Bonchev–Trinajstić information content (AvgIpc) is 2.75. The van der Waals surface area contributed by atoms with Crippen molar-refractivity contribution in [1.29, 1.82) is 0 Å². The lowest BCUT2D eigenvalue weighted by Gasteiger charge is -2.09. The molecule has 0 aromatic heterocycles. The third kappa shape index (κ3) is 24.7. The summed E-state index contributed by atoms with van der Waals surface area (Å²) in [6.07, 6.45) is 39.8. The number of aliphatic hydroxyl groups excluding tert-OH is 1. The van der Waals surface area contributed by atoms with Crippen LogP contribution in [-0.4, -0.2) is 11.2 Å². The lowest BCUT2D eigenvalue weighted by Crippen LogP contribution is -2.05. The maximum atomic E-state index is 10.1. The van der Waals surface area contributed by atoms with Crippen LogP contribution in [0.4, 0.5) is 0 Å². The molecule has 0 spiro atoms. The largest absolute Gasteiger partial charge is 0.393 e. The molecule has 0 amide bonds. The molecule has 0 aromatic carbocycles. The van der Waals surface area contributed by atoms with Crippen LogP contribution in [-0.2, 0) is 0 Å². The molecular formula is C29H50O. The fourth-order valence-corrected chi connectivity index (χ4v) is 3.38. The molecule has 1 nitrogen and oxygen atoms in total. The standard InChI is InChI=1S/C29H50O/c1-3-5-7-9-11-13-14-15-16-17-18-19-20-22-24-26-28-29(30)27-25-23-21-12-10-8-6-4-2/h4,8,10-11,13,15-16,18-19,29-30H,2-3,5-7,9,12,14,17,20-28H2,1H3. The van der Waals surface area contributed by atoms with Gasteiger partial charge in [0.05, 0.1) is 6.10 Å². The minimum Gasteiger partial charge on any atom is -0.393 e. The van der Waals surface area contributed by atoms with Crippen molar-refractivity contribution in [3.8, 4) is 0 Å². The van der Waals surface area contributed by atoms with E-state index in [0.29, 0.717) is 0 Å². The van der Waals surface area contributed by atoms with Crippen LogP contribution in [0.1, 0.15) is 116 Å². The van der Waals surface area contributed by atoms with Crippen molar-refractivity contribution in [2.24, 2.45) is 0 Å². The van der Waals surface area contributed by atoms with E-state index in [2.05, 4.69) is 62.1 Å². The molecule has 0 aliphatic heterocycles. The molecule has 1 atom stereocenters. The van der Waals surface area contributed by atoms with E-state index in [0.717, 1.165) is 51.4 Å². The number of hydrogen-bond donors (Lipinski definition) is 1. The van der Waals surface area contributed by atoms with E-state index in [4.69, 9.17) is 0 Å². The number of unbranched alkanes of at least 4 members (excludes halogenated alkanes) is 9. The summed E-state index contributed by atoms with van der Waals surface area (Å²) in [5.74, 6) is 0. The van der Waals surface area contributed by atoms with Gasteiger partial charge in [-0.15, -0.1) is 6.58 Å². The van der Waals surface area contributed by atoms with Crippen LogP contribution in [0.3, 0.4) is 0 Å². The quantitative estimate of drug-likeness (QED) is 0.138. The highest BCUT2D eigenvalue weighted by Gasteiger charge is 2.03. The normalized spacial score (nSPS) is 13.4. The van der Waals surface area contributed by atoms with Gasteiger partial charge in [-0.05, 0) is 70.6 Å². The van der Waals surface area contributed by atoms with Crippen LogP contribution in [0.15, 0.2) is 61.3 Å². The summed E-state index contributed by atoms with van der Waals surface area (Å²) in [4.78, 5) is 0. The van der Waals surface area contributed by atoms with Crippen molar-refractivity contribution < 1.29 is 5.11 Å². The van der Waals surface area contributed by atoms with Crippen LogP contribution in [0.2, 0.25) is 0 Å². The van der Waals surface area contributed by atoms with E-state index in [1.807, 2.05) is 6.08 Å². The van der Waals surface area contributed by atoms with E-state index in [1.54, 1.807) is 0 Å². The highest BCUT2D eigenvalue weighted by atomic mass is 16.3. The Kier molecular flexibility index (Phi) is 24.5. The molecule has 1 unspecified atom stereocenters. The fourth-order valence-electron chi connectivity index (χ4n) is 3.38. The molecule has 0 aliphatic rings. The van der Waals surface area contributed by atoms with E-state index < -0.39 is 0 Å². The van der Waals surface area contributed by atoms with E-state index in [9.17, 15) is 5.11 Å². The summed E-state index contributed by atoms with van der Waals surface area (Å²) < 4.78 is 0. The number of aliphatic hydroxyl groups is 1. The van der Waals surface area contributed by atoms with Crippen LogP contribution in [0, 0.1) is 0 Å². The summed E-state index contributed by atoms with van der Waals surface area (Å²) in [7, 11) is 0. The topological polar surface area (TPSA) is 20.2 Å². The second-order valence-corrected chi connectivity index (χ2v) is 8.31. The monoisotopic (exact) mass is 414 g/mol. The Bertz CT molecular complexity index is 455. The predicted octanol–water partition coefficient (Wildman–Crippen LogP) is 9.41. The maximum absolute atomic E-state index is 10.1. The first-order chi connectivity index (χ1) is 14.8. The Morgan fingerprint density at radius 3 is 1.47 bits per heavy atom. The molecular weight excluding hydrogens is 364 g/mol. The molecule has 30 heavy (non-hydrogen) atoms. The highest BCUT2D eigenvalue weighted by molar-refractivity contribution is 4.97. The zero-order valence-electron chi connectivity index (χ0n) is 19.9. The molecule has 172 valence electrons. The smallest absolute Gasteiger partial charge is 0.0540 e. The molecule has 0 bridgehead atoms. The molecule has 0 fully saturated rings. The van der Waals surface area contributed by atoms with Gasteiger partial charge in [-0.1, -0.05) is 100 Å². The second-order valence-electron chi connectivity index (χ2n) is 8.31. The average molecular weight is 415 g/mol. The Labute approximate surface area is 188 Å². The second kappa shape index (κ2) is 25.7. The molecule has 0 saturated carbocycles. The molecule has 0 radical (unpaired) electrons. The molecule has 1 N–H and O–H groups in total. The molecule has 0 saturated heterocycles. The van der Waals surface area contributed by atoms with E-state index in [1.165, 1.54) is 57.8 Å². The van der Waals surface area contributed by atoms with Crippen molar-refractivity contribution in [3.05, 3.63) is 61.3 Å². The van der Waals surface area contributed by atoms with Gasteiger partial charge in [0.2, 0.25) is 0 Å². The zero-order chi connectivity index (χ0) is 22.0. The van der Waals surface area contributed by atoms with Gasteiger partial charge in [-0.25, -0.2) is 0 Å². The Morgan fingerprint density at radius 1 is 0.567 bits per heavy atom. The minimum absolute atomic E-state index is 0.0947. The summed E-state index contributed by atoms with van der Waals surface area (Å²) in [5.41, 5.74) is 0. The lowest BCUT2D eigenvalue weighted by atomic mass is 10.0. The molecule has 1 heteroatoms. The van der Waals surface area contributed by atoms with Gasteiger partial charge in [0.1, 0.15) is 0 Å². The van der Waals surface area contributed by atoms with Crippen molar-refractivity contribution in [2.75, 3.05) is 0 Å². The van der Waals surface area contributed by atoms with Gasteiger partial charge in [0.15, 0.2) is 0 Å². The summed E-state index contributed by atoms with van der Waals surface area (Å²) in [5, 5.41) is 10.1. The number of allylic oxidation sites excluding steroid dienone is 9. The third-order valence-corrected chi connectivity index (χ3v) is 5.30. The first-order valence-corrected chi connectivity index (χ1v) is 12.7. The van der Waals surface area contributed by atoms with Crippen LogP contribution in [0.25, 0.3) is 0 Å². The SMILES string of the molecule is C=CCC=CCCCCCC(O)CCCCCC=CCC=CCC=CCCCCC.